The van der Waals surface area contributed by atoms with Gasteiger partial charge in [0, 0.05) is 22.1 Å². The SMILES string of the molecule is c1ccc(-c2nc(-c3ccccc3)nc(N3c4ccccc4N(c4ccccc4)P3c3ccccc3)n2)cc1. The van der Waals surface area contributed by atoms with Crippen molar-refractivity contribution in [2.24, 2.45) is 0 Å². The lowest BCUT2D eigenvalue weighted by Crippen LogP contribution is -2.23. The molecule has 0 spiro atoms. The number of fused-ring (bicyclic) bond motifs is 1. The maximum atomic E-state index is 5.11. The Hall–Kier alpha value is -4.86. The monoisotopic (exact) mass is 521 g/mol. The van der Waals surface area contributed by atoms with Gasteiger partial charge < -0.3 is 0 Å². The number of nitrogens with zero attached hydrogens (tertiary/aromatic N) is 5. The lowest BCUT2D eigenvalue weighted by molar-refractivity contribution is 1.05. The highest BCUT2D eigenvalue weighted by Gasteiger charge is 2.41. The molecular weight excluding hydrogens is 497 g/mol. The third-order valence-electron chi connectivity index (χ3n) is 6.58. The third kappa shape index (κ3) is 4.33. The van der Waals surface area contributed by atoms with E-state index >= 15 is 0 Å². The van der Waals surface area contributed by atoms with Crippen LogP contribution in [0.1, 0.15) is 0 Å². The summed E-state index contributed by atoms with van der Waals surface area (Å²) in [5.74, 6) is 1.93. The summed E-state index contributed by atoms with van der Waals surface area (Å²) in [6.45, 7) is 0. The molecule has 0 aliphatic carbocycles. The predicted molar refractivity (Wildman–Crippen MR) is 161 cm³/mol. The molecule has 0 N–H and O–H groups in total. The van der Waals surface area contributed by atoms with E-state index in [0.717, 1.165) is 28.2 Å². The first-order valence-corrected chi connectivity index (χ1v) is 14.1. The van der Waals surface area contributed by atoms with E-state index in [1.807, 2.05) is 60.7 Å². The maximum absolute atomic E-state index is 5.11. The lowest BCUT2D eigenvalue weighted by Gasteiger charge is -2.31. The molecule has 1 aromatic heterocycles. The molecule has 2 heterocycles. The van der Waals surface area contributed by atoms with Crippen molar-refractivity contribution in [2.45, 2.75) is 0 Å². The van der Waals surface area contributed by atoms with Gasteiger partial charge in [-0.2, -0.15) is 9.97 Å². The van der Waals surface area contributed by atoms with E-state index in [4.69, 9.17) is 15.0 Å². The fraction of sp³-hybridized carbons (Fsp3) is 0. The van der Waals surface area contributed by atoms with E-state index in [9.17, 15) is 0 Å². The molecule has 39 heavy (non-hydrogen) atoms. The molecule has 0 amide bonds. The Labute approximate surface area is 229 Å². The van der Waals surface area contributed by atoms with Crippen molar-refractivity contribution in [3.8, 4) is 22.8 Å². The van der Waals surface area contributed by atoms with E-state index in [0.29, 0.717) is 17.6 Å². The van der Waals surface area contributed by atoms with Gasteiger partial charge in [0.2, 0.25) is 5.95 Å². The average Bonchev–Trinajstić information content (AvgIpc) is 3.38. The minimum Gasteiger partial charge on any atom is -0.296 e. The standard InChI is InChI=1S/C33H24N5P/c1-5-15-25(16-6-1)31-34-32(26-17-7-2-8-18-26)36-33(35-31)38-30-24-14-13-23-29(30)37(27-19-9-3-10-20-27)39(38)28-21-11-4-12-22-28/h1-24H. The van der Waals surface area contributed by atoms with Gasteiger partial charge in [0.1, 0.15) is 8.22 Å². The molecule has 7 rings (SSSR count). The average molecular weight is 522 g/mol. The van der Waals surface area contributed by atoms with Gasteiger partial charge in [0.05, 0.1) is 11.4 Å². The Morgan fingerprint density at radius 3 is 1.38 bits per heavy atom. The van der Waals surface area contributed by atoms with Gasteiger partial charge in [-0.05, 0) is 24.3 Å². The van der Waals surface area contributed by atoms with Crippen LogP contribution in [0, 0.1) is 0 Å². The molecule has 0 bridgehead atoms. The van der Waals surface area contributed by atoms with Crippen LogP contribution < -0.4 is 14.6 Å². The van der Waals surface area contributed by atoms with Crippen molar-refractivity contribution in [3.63, 3.8) is 0 Å². The summed E-state index contributed by atoms with van der Waals surface area (Å²) >= 11 is 0. The van der Waals surface area contributed by atoms with Crippen molar-refractivity contribution in [1.82, 2.24) is 15.0 Å². The zero-order valence-electron chi connectivity index (χ0n) is 21.0. The summed E-state index contributed by atoms with van der Waals surface area (Å²) in [6, 6.07) is 49.9. The van der Waals surface area contributed by atoms with Crippen LogP contribution in [0.3, 0.4) is 0 Å². The van der Waals surface area contributed by atoms with Gasteiger partial charge in [-0.3, -0.25) is 9.34 Å². The Morgan fingerprint density at radius 1 is 0.410 bits per heavy atom. The Kier molecular flexibility index (Phi) is 6.04. The third-order valence-corrected chi connectivity index (χ3v) is 8.94. The second-order valence-electron chi connectivity index (χ2n) is 9.09. The molecule has 0 radical (unpaired) electrons. The molecule has 0 saturated heterocycles. The molecule has 6 aromatic rings. The molecule has 6 heteroatoms. The molecule has 0 fully saturated rings. The first kappa shape index (κ1) is 23.3. The van der Waals surface area contributed by atoms with Crippen LogP contribution in [0.25, 0.3) is 22.8 Å². The zero-order chi connectivity index (χ0) is 26.0. The van der Waals surface area contributed by atoms with Crippen molar-refractivity contribution in [1.29, 1.82) is 0 Å². The minimum atomic E-state index is -1.10. The number of rotatable bonds is 5. The number of anilines is 4. The largest absolute Gasteiger partial charge is 0.296 e. The fourth-order valence-electron chi connectivity index (χ4n) is 4.81. The van der Waals surface area contributed by atoms with Gasteiger partial charge in [-0.15, -0.1) is 0 Å². The van der Waals surface area contributed by atoms with Crippen LogP contribution in [-0.2, 0) is 0 Å². The van der Waals surface area contributed by atoms with E-state index in [1.165, 1.54) is 5.30 Å². The number of hydrogen-bond acceptors (Lipinski definition) is 5. The van der Waals surface area contributed by atoms with Crippen LogP contribution in [-0.4, -0.2) is 15.0 Å². The van der Waals surface area contributed by atoms with E-state index < -0.39 is 8.22 Å². The molecule has 1 aliphatic heterocycles. The van der Waals surface area contributed by atoms with Crippen molar-refractivity contribution in [3.05, 3.63) is 146 Å². The number of para-hydroxylation sites is 3. The molecular formula is C33H24N5P. The highest BCUT2D eigenvalue weighted by Crippen LogP contribution is 2.64. The van der Waals surface area contributed by atoms with Crippen molar-refractivity contribution in [2.75, 3.05) is 9.34 Å². The molecule has 1 atom stereocenters. The molecule has 0 saturated carbocycles. The van der Waals surface area contributed by atoms with Crippen LogP contribution in [0.4, 0.5) is 23.0 Å². The van der Waals surface area contributed by atoms with Crippen LogP contribution in [0.2, 0.25) is 0 Å². The molecule has 1 unspecified atom stereocenters. The highest BCUT2D eigenvalue weighted by molar-refractivity contribution is 7.70. The van der Waals surface area contributed by atoms with Crippen LogP contribution >= 0.6 is 8.22 Å². The quantitative estimate of drug-likeness (QED) is 0.214. The highest BCUT2D eigenvalue weighted by atomic mass is 31.1. The van der Waals surface area contributed by atoms with Crippen molar-refractivity contribution < 1.29 is 0 Å². The van der Waals surface area contributed by atoms with Crippen LogP contribution in [0.5, 0.6) is 0 Å². The second-order valence-corrected chi connectivity index (χ2v) is 11.0. The Bertz CT molecular complexity index is 1660. The molecule has 5 aromatic carbocycles. The minimum absolute atomic E-state index is 0.628. The van der Waals surface area contributed by atoms with Gasteiger partial charge in [-0.25, -0.2) is 4.98 Å². The molecule has 1 aliphatic rings. The fourth-order valence-corrected chi connectivity index (χ4v) is 7.25. The first-order valence-electron chi connectivity index (χ1n) is 12.8. The predicted octanol–water partition coefficient (Wildman–Crippen LogP) is 8.13. The van der Waals surface area contributed by atoms with E-state index in [-0.39, 0.29) is 0 Å². The summed E-state index contributed by atoms with van der Waals surface area (Å²) < 4.78 is 4.72. The second kappa shape index (κ2) is 10.1. The van der Waals surface area contributed by atoms with Crippen LogP contribution in [0.15, 0.2) is 146 Å². The van der Waals surface area contributed by atoms with Gasteiger partial charge in [-0.1, -0.05) is 121 Å². The number of aromatic nitrogens is 3. The summed E-state index contributed by atoms with van der Waals surface area (Å²) in [4.78, 5) is 15.1. The normalized spacial score (nSPS) is 14.3. The van der Waals surface area contributed by atoms with E-state index in [1.54, 1.807) is 0 Å². The van der Waals surface area contributed by atoms with Gasteiger partial charge >= 0.3 is 0 Å². The summed E-state index contributed by atoms with van der Waals surface area (Å²) in [6.07, 6.45) is 0. The van der Waals surface area contributed by atoms with Gasteiger partial charge in [0.25, 0.3) is 0 Å². The Balaban J connectivity index is 1.49. The van der Waals surface area contributed by atoms with Gasteiger partial charge in [0.15, 0.2) is 11.6 Å². The first-order chi connectivity index (χ1) is 19.4. The Morgan fingerprint density at radius 2 is 0.846 bits per heavy atom. The summed E-state index contributed by atoms with van der Waals surface area (Å²) in [5, 5.41) is 1.20. The number of hydrogen-bond donors (Lipinski definition) is 0. The lowest BCUT2D eigenvalue weighted by atomic mass is 10.2. The smallest absolute Gasteiger partial charge is 0.239 e. The van der Waals surface area contributed by atoms with E-state index in [2.05, 4.69) is 94.3 Å². The molecule has 186 valence electrons. The topological polar surface area (TPSA) is 45.2 Å². The number of benzene rings is 5. The summed E-state index contributed by atoms with van der Waals surface area (Å²) in [7, 11) is -1.10. The summed E-state index contributed by atoms with van der Waals surface area (Å²) in [5.41, 5.74) is 5.23. The maximum Gasteiger partial charge on any atom is 0.239 e. The zero-order valence-corrected chi connectivity index (χ0v) is 21.9. The van der Waals surface area contributed by atoms with Crippen molar-refractivity contribution >= 4 is 36.5 Å². The molecule has 5 nitrogen and oxygen atoms in total.